The Morgan fingerprint density at radius 1 is 0.385 bits per heavy atom. The van der Waals surface area contributed by atoms with Gasteiger partial charge in [-0.1, -0.05) is 185 Å². The van der Waals surface area contributed by atoms with Crippen LogP contribution < -0.4 is 0 Å². The molecule has 0 aliphatic heterocycles. The lowest BCUT2D eigenvalue weighted by Crippen LogP contribution is -2.26. The van der Waals surface area contributed by atoms with Crippen molar-refractivity contribution in [2.45, 2.75) is 142 Å². The van der Waals surface area contributed by atoms with E-state index in [0.29, 0.717) is 0 Å². The van der Waals surface area contributed by atoms with E-state index in [9.17, 15) is 0 Å². The molecular formula is C52H62. The number of fused-ring (bicyclic) bond motifs is 6. The van der Waals surface area contributed by atoms with Crippen molar-refractivity contribution in [3.05, 3.63) is 131 Å². The zero-order chi connectivity index (χ0) is 36.5. The molecular weight excluding hydrogens is 625 g/mol. The Bertz CT molecular complexity index is 2000. The first-order chi connectivity index (χ1) is 25.2. The molecule has 0 heteroatoms. The van der Waals surface area contributed by atoms with E-state index >= 15 is 0 Å². The van der Waals surface area contributed by atoms with Crippen LogP contribution in [0.2, 0.25) is 0 Å². The Balaban J connectivity index is 1.36. The van der Waals surface area contributed by atoms with Gasteiger partial charge in [0, 0.05) is 10.8 Å². The highest BCUT2D eigenvalue weighted by molar-refractivity contribution is 5.88. The van der Waals surface area contributed by atoms with Gasteiger partial charge in [0.15, 0.2) is 0 Å². The molecule has 0 bridgehead atoms. The topological polar surface area (TPSA) is 0 Å². The highest BCUT2D eigenvalue weighted by atomic mass is 14.5. The summed E-state index contributed by atoms with van der Waals surface area (Å²) in [6.45, 7) is 16.3. The average molecular weight is 687 g/mol. The van der Waals surface area contributed by atoms with Gasteiger partial charge in [-0.2, -0.15) is 0 Å². The van der Waals surface area contributed by atoms with E-state index in [1.165, 1.54) is 127 Å². The molecule has 2 aliphatic carbocycles. The summed E-state index contributed by atoms with van der Waals surface area (Å²) in [5.41, 5.74) is 19.2. The summed E-state index contributed by atoms with van der Waals surface area (Å²) >= 11 is 0. The number of benzene rings is 5. The Morgan fingerprint density at radius 3 is 1.13 bits per heavy atom. The maximum absolute atomic E-state index is 2.63. The molecule has 2 aliphatic rings. The molecule has 0 spiro atoms. The second-order valence-electron chi connectivity index (χ2n) is 17.2. The molecule has 0 amide bonds. The van der Waals surface area contributed by atoms with Crippen molar-refractivity contribution >= 4 is 0 Å². The number of rotatable bonds is 14. The summed E-state index contributed by atoms with van der Waals surface area (Å²) in [5.74, 6) is 0. The first kappa shape index (κ1) is 36.5. The van der Waals surface area contributed by atoms with Gasteiger partial charge in [-0.05, 0) is 122 Å². The van der Waals surface area contributed by atoms with E-state index in [-0.39, 0.29) is 16.2 Å². The maximum atomic E-state index is 2.63. The van der Waals surface area contributed by atoms with E-state index in [2.05, 4.69) is 152 Å². The van der Waals surface area contributed by atoms with Crippen LogP contribution in [0.4, 0.5) is 0 Å². The van der Waals surface area contributed by atoms with Crippen molar-refractivity contribution in [1.82, 2.24) is 0 Å². The maximum Gasteiger partial charge on any atom is 0.0215 e. The Hall–Kier alpha value is -3.90. The van der Waals surface area contributed by atoms with Crippen molar-refractivity contribution < 1.29 is 0 Å². The molecule has 5 aromatic rings. The minimum Gasteiger partial charge on any atom is -0.0654 e. The van der Waals surface area contributed by atoms with Gasteiger partial charge in [-0.15, -0.1) is 0 Å². The third-order valence-corrected chi connectivity index (χ3v) is 12.9. The minimum absolute atomic E-state index is 0.0348. The Labute approximate surface area is 316 Å². The summed E-state index contributed by atoms with van der Waals surface area (Å²) in [5, 5.41) is 0. The second kappa shape index (κ2) is 14.9. The standard InChI is InChI=1S/C52H62/c1-8-12-30-51(31-13-9-2)46-19-17-16-18-42(46)43-28-23-39(35-47(43)51)40-24-29-45-44-27-22-38(37-20-25-41(26-21-37)50(5,6)7)34-48(44)52(32-14-10-3,33-15-11-4)49(45)36-40/h16-29,34-36H,8-15,30-33H2,1-7H3. The van der Waals surface area contributed by atoms with Crippen LogP contribution in [0.5, 0.6) is 0 Å². The van der Waals surface area contributed by atoms with Crippen molar-refractivity contribution in [3.63, 3.8) is 0 Å². The van der Waals surface area contributed by atoms with Crippen LogP contribution in [0.1, 0.15) is 153 Å². The summed E-state index contributed by atoms with van der Waals surface area (Å²) in [4.78, 5) is 0. The second-order valence-corrected chi connectivity index (χ2v) is 17.2. The fourth-order valence-corrected chi connectivity index (χ4v) is 9.89. The highest BCUT2D eigenvalue weighted by Gasteiger charge is 2.44. The summed E-state index contributed by atoms with van der Waals surface area (Å²) < 4.78 is 0. The van der Waals surface area contributed by atoms with Gasteiger partial charge in [-0.3, -0.25) is 0 Å². The predicted octanol–water partition coefficient (Wildman–Crippen LogP) is 15.6. The van der Waals surface area contributed by atoms with E-state index in [1.807, 2.05) is 0 Å². The minimum atomic E-state index is 0.0348. The predicted molar refractivity (Wildman–Crippen MR) is 227 cm³/mol. The van der Waals surface area contributed by atoms with Crippen molar-refractivity contribution in [2.24, 2.45) is 0 Å². The monoisotopic (exact) mass is 686 g/mol. The summed E-state index contributed by atoms with van der Waals surface area (Å²) in [6.07, 6.45) is 14.8. The van der Waals surface area contributed by atoms with Crippen molar-refractivity contribution in [1.29, 1.82) is 0 Å². The molecule has 0 radical (unpaired) electrons. The third-order valence-electron chi connectivity index (χ3n) is 12.9. The number of hydrogen-bond donors (Lipinski definition) is 0. The first-order valence-electron chi connectivity index (χ1n) is 20.9. The molecule has 7 rings (SSSR count). The lowest BCUT2D eigenvalue weighted by molar-refractivity contribution is 0.414. The molecule has 52 heavy (non-hydrogen) atoms. The van der Waals surface area contributed by atoms with Crippen molar-refractivity contribution in [3.8, 4) is 44.5 Å². The van der Waals surface area contributed by atoms with Gasteiger partial charge in [0.1, 0.15) is 0 Å². The van der Waals surface area contributed by atoms with E-state index in [1.54, 1.807) is 22.3 Å². The molecule has 0 heterocycles. The van der Waals surface area contributed by atoms with Crippen LogP contribution >= 0.6 is 0 Å². The molecule has 0 unspecified atom stereocenters. The van der Waals surface area contributed by atoms with Gasteiger partial charge in [-0.25, -0.2) is 0 Å². The van der Waals surface area contributed by atoms with E-state index in [4.69, 9.17) is 0 Å². The zero-order valence-corrected chi connectivity index (χ0v) is 33.3. The fourth-order valence-electron chi connectivity index (χ4n) is 9.89. The average Bonchev–Trinajstić information content (AvgIpc) is 3.60. The third kappa shape index (κ3) is 6.29. The Morgan fingerprint density at radius 2 is 0.731 bits per heavy atom. The van der Waals surface area contributed by atoms with E-state index < -0.39 is 0 Å². The largest absolute Gasteiger partial charge is 0.0654 e. The zero-order valence-electron chi connectivity index (χ0n) is 33.3. The van der Waals surface area contributed by atoms with Gasteiger partial charge in [0.05, 0.1) is 0 Å². The smallest absolute Gasteiger partial charge is 0.0215 e. The summed E-state index contributed by atoms with van der Waals surface area (Å²) in [6, 6.07) is 41.1. The lowest BCUT2D eigenvalue weighted by atomic mass is 9.69. The molecule has 0 fully saturated rings. The molecule has 0 saturated heterocycles. The van der Waals surface area contributed by atoms with Gasteiger partial charge in [0.2, 0.25) is 0 Å². The molecule has 0 nitrogen and oxygen atoms in total. The SMILES string of the molecule is CCCCC1(CCCC)c2ccccc2-c2ccc(-c3ccc4c(c3)C(CCCC)(CCCC)c3cc(-c5ccc(C(C)(C)C)cc5)ccc3-4)cc21. The normalized spacial score (nSPS) is 14.9. The van der Waals surface area contributed by atoms with Crippen LogP contribution in [0, 0.1) is 0 Å². The molecule has 0 atom stereocenters. The van der Waals surface area contributed by atoms with Gasteiger partial charge >= 0.3 is 0 Å². The summed E-state index contributed by atoms with van der Waals surface area (Å²) in [7, 11) is 0. The first-order valence-corrected chi connectivity index (χ1v) is 20.9. The van der Waals surface area contributed by atoms with Crippen LogP contribution in [0.3, 0.4) is 0 Å². The van der Waals surface area contributed by atoms with Gasteiger partial charge < -0.3 is 0 Å². The van der Waals surface area contributed by atoms with Crippen molar-refractivity contribution in [2.75, 3.05) is 0 Å². The van der Waals surface area contributed by atoms with Crippen LogP contribution in [0.15, 0.2) is 103 Å². The molecule has 5 aromatic carbocycles. The van der Waals surface area contributed by atoms with Crippen LogP contribution in [-0.4, -0.2) is 0 Å². The van der Waals surface area contributed by atoms with Crippen LogP contribution in [0.25, 0.3) is 44.5 Å². The number of hydrogen-bond acceptors (Lipinski definition) is 0. The highest BCUT2D eigenvalue weighted by Crippen LogP contribution is 2.57. The van der Waals surface area contributed by atoms with Gasteiger partial charge in [0.25, 0.3) is 0 Å². The molecule has 0 aromatic heterocycles. The van der Waals surface area contributed by atoms with E-state index in [0.717, 1.165) is 0 Å². The molecule has 0 saturated carbocycles. The molecule has 0 N–H and O–H groups in total. The number of unbranched alkanes of at least 4 members (excludes halogenated alkanes) is 4. The quantitative estimate of drug-likeness (QED) is 0.109. The Kier molecular flexibility index (Phi) is 10.4. The molecule has 270 valence electrons. The van der Waals surface area contributed by atoms with Crippen LogP contribution in [-0.2, 0) is 16.2 Å². The lowest BCUT2D eigenvalue weighted by Gasteiger charge is -2.33. The fraction of sp³-hybridized carbons (Fsp3) is 0.423.